The Balaban J connectivity index is 2.41. The van der Waals surface area contributed by atoms with Crippen molar-refractivity contribution in [2.75, 3.05) is 12.4 Å². The molecule has 0 saturated heterocycles. The minimum absolute atomic E-state index is 0.448. The molecule has 0 aliphatic rings. The van der Waals surface area contributed by atoms with Crippen LogP contribution in [0.1, 0.15) is 25.3 Å². The Morgan fingerprint density at radius 2 is 2.00 bits per heavy atom. The average molecular weight is 251 g/mol. The maximum Gasteiger partial charge on any atom is 0.129 e. The van der Waals surface area contributed by atoms with Crippen LogP contribution in [0.5, 0.6) is 0 Å². The van der Waals surface area contributed by atoms with Crippen LogP contribution in [-0.2, 0) is 0 Å². The minimum atomic E-state index is 0.448. The molecular formula is C16H17N3. The molecule has 0 atom stereocenters. The highest BCUT2D eigenvalue weighted by molar-refractivity contribution is 6.04. The molecule has 3 heteroatoms. The number of rotatable bonds is 2. The second-order valence-electron chi connectivity index (χ2n) is 5.04. The smallest absolute Gasteiger partial charge is 0.129 e. The largest absolute Gasteiger partial charge is 0.373 e. The molecule has 19 heavy (non-hydrogen) atoms. The molecule has 0 saturated carbocycles. The summed E-state index contributed by atoms with van der Waals surface area (Å²) in [6, 6.07) is 10.4. The summed E-state index contributed by atoms with van der Waals surface area (Å²) in [7, 11) is 1.92. The van der Waals surface area contributed by atoms with Gasteiger partial charge in [0.1, 0.15) is 5.82 Å². The number of benzene rings is 1. The Labute approximate surface area is 112 Å². The molecule has 1 aromatic carbocycles. The van der Waals surface area contributed by atoms with Crippen LogP contribution in [0.15, 0.2) is 36.5 Å². The third-order valence-electron chi connectivity index (χ3n) is 3.45. The van der Waals surface area contributed by atoms with E-state index in [0.717, 1.165) is 22.2 Å². The molecule has 96 valence electrons. The highest BCUT2D eigenvalue weighted by atomic mass is 15.0. The molecule has 0 bridgehead atoms. The first kappa shape index (κ1) is 11.9. The van der Waals surface area contributed by atoms with Gasteiger partial charge in [-0.3, -0.25) is 4.98 Å². The molecule has 0 fully saturated rings. The topological polar surface area (TPSA) is 37.8 Å². The highest BCUT2D eigenvalue weighted by Gasteiger charge is 2.11. The van der Waals surface area contributed by atoms with Gasteiger partial charge >= 0.3 is 0 Å². The standard InChI is InChI=1S/C16H17N3/c1-10(2)13-9-11-6-7-14-12(5-4-8-18-14)15(11)19-16(13)17-3/h4-10H,1-3H3,(H,17,19). The molecule has 0 aliphatic carbocycles. The average Bonchev–Trinajstić information content (AvgIpc) is 2.45. The lowest BCUT2D eigenvalue weighted by Crippen LogP contribution is -2.01. The van der Waals surface area contributed by atoms with Crippen molar-refractivity contribution in [2.45, 2.75) is 19.8 Å². The normalized spacial score (nSPS) is 11.4. The van der Waals surface area contributed by atoms with Gasteiger partial charge in [-0.05, 0) is 35.7 Å². The van der Waals surface area contributed by atoms with Crippen LogP contribution in [0.25, 0.3) is 21.8 Å². The first-order valence-corrected chi connectivity index (χ1v) is 6.57. The lowest BCUT2D eigenvalue weighted by atomic mass is 10.0. The zero-order chi connectivity index (χ0) is 13.4. The molecule has 3 aromatic rings. The van der Waals surface area contributed by atoms with Gasteiger partial charge in [-0.15, -0.1) is 0 Å². The quantitative estimate of drug-likeness (QED) is 0.701. The van der Waals surface area contributed by atoms with Gasteiger partial charge in [0, 0.05) is 24.0 Å². The molecule has 2 heterocycles. The predicted octanol–water partition coefficient (Wildman–Crippen LogP) is 3.95. The van der Waals surface area contributed by atoms with Crippen LogP contribution in [0.2, 0.25) is 0 Å². The SMILES string of the molecule is CNc1nc2c(ccc3ncccc32)cc1C(C)C. The van der Waals surface area contributed by atoms with Crippen LogP contribution < -0.4 is 5.32 Å². The number of anilines is 1. The van der Waals surface area contributed by atoms with E-state index in [1.807, 2.05) is 19.3 Å². The van der Waals surface area contributed by atoms with E-state index in [4.69, 9.17) is 4.98 Å². The third-order valence-corrected chi connectivity index (χ3v) is 3.45. The van der Waals surface area contributed by atoms with E-state index in [-0.39, 0.29) is 0 Å². The van der Waals surface area contributed by atoms with Crippen LogP contribution in [0, 0.1) is 0 Å². The Morgan fingerprint density at radius 1 is 1.16 bits per heavy atom. The molecule has 2 aromatic heterocycles. The molecule has 1 N–H and O–H groups in total. The number of fused-ring (bicyclic) bond motifs is 3. The Morgan fingerprint density at radius 3 is 2.74 bits per heavy atom. The number of pyridine rings is 2. The van der Waals surface area contributed by atoms with Crippen molar-refractivity contribution in [3.8, 4) is 0 Å². The van der Waals surface area contributed by atoms with Crippen molar-refractivity contribution < 1.29 is 0 Å². The number of hydrogen-bond donors (Lipinski definition) is 1. The van der Waals surface area contributed by atoms with E-state index in [2.05, 4.69) is 48.4 Å². The molecule has 0 spiro atoms. The molecule has 0 amide bonds. The number of aromatic nitrogens is 2. The summed E-state index contributed by atoms with van der Waals surface area (Å²) >= 11 is 0. The lowest BCUT2D eigenvalue weighted by Gasteiger charge is -2.13. The van der Waals surface area contributed by atoms with E-state index in [1.165, 1.54) is 10.9 Å². The Kier molecular flexibility index (Phi) is 2.82. The summed E-state index contributed by atoms with van der Waals surface area (Å²) in [6.45, 7) is 4.37. The molecule has 0 aliphatic heterocycles. The van der Waals surface area contributed by atoms with Gasteiger partial charge < -0.3 is 5.32 Å². The summed E-state index contributed by atoms with van der Waals surface area (Å²) in [5, 5.41) is 5.48. The summed E-state index contributed by atoms with van der Waals surface area (Å²) in [5.74, 6) is 1.41. The Bertz CT molecular complexity index is 747. The van der Waals surface area contributed by atoms with Gasteiger partial charge in [-0.1, -0.05) is 19.9 Å². The molecular weight excluding hydrogens is 234 g/mol. The number of hydrogen-bond acceptors (Lipinski definition) is 3. The van der Waals surface area contributed by atoms with Crippen molar-refractivity contribution in [3.05, 3.63) is 42.1 Å². The monoisotopic (exact) mass is 251 g/mol. The van der Waals surface area contributed by atoms with E-state index in [9.17, 15) is 0 Å². The fraction of sp³-hybridized carbons (Fsp3) is 0.250. The van der Waals surface area contributed by atoms with E-state index in [0.29, 0.717) is 5.92 Å². The van der Waals surface area contributed by atoms with E-state index >= 15 is 0 Å². The van der Waals surface area contributed by atoms with Crippen LogP contribution in [0.3, 0.4) is 0 Å². The molecule has 0 unspecified atom stereocenters. The first-order chi connectivity index (χ1) is 9.20. The van der Waals surface area contributed by atoms with E-state index in [1.54, 1.807) is 0 Å². The summed E-state index contributed by atoms with van der Waals surface area (Å²) in [5.41, 5.74) is 3.25. The van der Waals surface area contributed by atoms with Gasteiger partial charge in [0.15, 0.2) is 0 Å². The van der Waals surface area contributed by atoms with Crippen LogP contribution in [0.4, 0.5) is 5.82 Å². The van der Waals surface area contributed by atoms with Crippen LogP contribution >= 0.6 is 0 Å². The van der Waals surface area contributed by atoms with Crippen molar-refractivity contribution in [1.29, 1.82) is 0 Å². The fourth-order valence-electron chi connectivity index (χ4n) is 2.45. The second-order valence-corrected chi connectivity index (χ2v) is 5.04. The second kappa shape index (κ2) is 4.50. The van der Waals surface area contributed by atoms with Gasteiger partial charge in [-0.2, -0.15) is 0 Å². The van der Waals surface area contributed by atoms with Gasteiger partial charge in [0.05, 0.1) is 11.0 Å². The summed E-state index contributed by atoms with van der Waals surface area (Å²) in [4.78, 5) is 9.18. The zero-order valence-corrected chi connectivity index (χ0v) is 11.4. The van der Waals surface area contributed by atoms with Gasteiger partial charge in [0.2, 0.25) is 0 Å². The fourth-order valence-corrected chi connectivity index (χ4v) is 2.45. The molecule has 3 rings (SSSR count). The maximum atomic E-state index is 4.79. The number of nitrogens with one attached hydrogen (secondary N) is 1. The van der Waals surface area contributed by atoms with E-state index < -0.39 is 0 Å². The highest BCUT2D eigenvalue weighted by Crippen LogP contribution is 2.29. The van der Waals surface area contributed by atoms with Crippen molar-refractivity contribution in [2.24, 2.45) is 0 Å². The minimum Gasteiger partial charge on any atom is -0.373 e. The summed E-state index contributed by atoms with van der Waals surface area (Å²) in [6.07, 6.45) is 1.82. The van der Waals surface area contributed by atoms with Crippen LogP contribution in [-0.4, -0.2) is 17.0 Å². The van der Waals surface area contributed by atoms with Crippen molar-refractivity contribution in [3.63, 3.8) is 0 Å². The van der Waals surface area contributed by atoms with Gasteiger partial charge in [-0.25, -0.2) is 4.98 Å². The molecule has 3 nitrogen and oxygen atoms in total. The predicted molar refractivity (Wildman–Crippen MR) is 80.7 cm³/mol. The third kappa shape index (κ3) is 1.91. The van der Waals surface area contributed by atoms with Crippen molar-refractivity contribution >= 4 is 27.6 Å². The molecule has 0 radical (unpaired) electrons. The van der Waals surface area contributed by atoms with Crippen molar-refractivity contribution in [1.82, 2.24) is 9.97 Å². The van der Waals surface area contributed by atoms with Gasteiger partial charge in [0.25, 0.3) is 0 Å². The Hall–Kier alpha value is -2.16. The summed E-state index contributed by atoms with van der Waals surface area (Å²) < 4.78 is 0. The number of nitrogens with zero attached hydrogens (tertiary/aromatic N) is 2. The lowest BCUT2D eigenvalue weighted by molar-refractivity contribution is 0.864. The maximum absolute atomic E-state index is 4.79. The first-order valence-electron chi connectivity index (χ1n) is 6.57. The zero-order valence-electron chi connectivity index (χ0n) is 11.4.